The molecule has 33 heavy (non-hydrogen) atoms. The van der Waals surface area contributed by atoms with Gasteiger partial charge in [-0.2, -0.15) is 5.10 Å². The molecule has 0 bridgehead atoms. The van der Waals surface area contributed by atoms with Crippen LogP contribution in [-0.2, 0) is 19.7 Å². The second kappa shape index (κ2) is 10.6. The van der Waals surface area contributed by atoms with Crippen molar-refractivity contribution in [2.45, 2.75) is 33.5 Å². The maximum atomic E-state index is 13.1. The number of hydrogen-bond donors (Lipinski definition) is 0. The van der Waals surface area contributed by atoms with Gasteiger partial charge in [0.25, 0.3) is 5.91 Å². The number of piperazine rings is 1. The quantitative estimate of drug-likeness (QED) is 0.468. The van der Waals surface area contributed by atoms with Gasteiger partial charge in [-0.25, -0.2) is 0 Å². The van der Waals surface area contributed by atoms with E-state index in [0.717, 1.165) is 37.4 Å². The fourth-order valence-electron chi connectivity index (χ4n) is 3.96. The molecule has 1 aromatic heterocycles. The van der Waals surface area contributed by atoms with E-state index >= 15 is 0 Å². The molecular formula is C25H28Cl2N4O2. The van der Waals surface area contributed by atoms with E-state index in [1.165, 1.54) is 5.56 Å². The van der Waals surface area contributed by atoms with Crippen molar-refractivity contribution in [1.82, 2.24) is 19.6 Å². The zero-order valence-electron chi connectivity index (χ0n) is 18.9. The number of aryl methyl sites for hydroxylation is 2. The normalized spacial score (nSPS) is 14.5. The van der Waals surface area contributed by atoms with Gasteiger partial charge in [0.05, 0.1) is 10.7 Å². The summed E-state index contributed by atoms with van der Waals surface area (Å²) in [4.78, 5) is 17.4. The van der Waals surface area contributed by atoms with Gasteiger partial charge >= 0.3 is 0 Å². The van der Waals surface area contributed by atoms with Crippen molar-refractivity contribution in [3.05, 3.63) is 81.1 Å². The van der Waals surface area contributed by atoms with E-state index in [1.54, 1.807) is 18.2 Å². The van der Waals surface area contributed by atoms with Crippen LogP contribution in [0.1, 0.15) is 34.1 Å². The van der Waals surface area contributed by atoms with E-state index in [1.807, 2.05) is 33.8 Å². The third kappa shape index (κ3) is 5.69. The van der Waals surface area contributed by atoms with Crippen LogP contribution in [0, 0.1) is 6.92 Å². The molecule has 174 valence electrons. The molecule has 0 radical (unpaired) electrons. The lowest BCUT2D eigenvalue weighted by atomic mass is 10.1. The van der Waals surface area contributed by atoms with Gasteiger partial charge in [-0.3, -0.25) is 14.4 Å². The third-order valence-electron chi connectivity index (χ3n) is 5.91. The highest BCUT2D eigenvalue weighted by Gasteiger charge is 2.23. The molecule has 1 aliphatic rings. The molecule has 0 unspecified atom stereocenters. The van der Waals surface area contributed by atoms with Crippen LogP contribution < -0.4 is 4.74 Å². The predicted octanol–water partition coefficient (Wildman–Crippen LogP) is 5.06. The highest BCUT2D eigenvalue weighted by Crippen LogP contribution is 2.32. The van der Waals surface area contributed by atoms with Gasteiger partial charge in [-0.05, 0) is 43.7 Å². The van der Waals surface area contributed by atoms with Crippen LogP contribution in [0.2, 0.25) is 10.0 Å². The number of benzene rings is 2. The maximum Gasteiger partial charge on any atom is 0.253 e. The number of hydrogen-bond acceptors (Lipinski definition) is 4. The molecule has 3 aromatic rings. The molecule has 4 rings (SSSR count). The summed E-state index contributed by atoms with van der Waals surface area (Å²) in [6, 6.07) is 12.8. The summed E-state index contributed by atoms with van der Waals surface area (Å²) in [5.74, 6) is 0.573. The first kappa shape index (κ1) is 23.6. The lowest BCUT2D eigenvalue weighted by molar-refractivity contribution is 0.0628. The standard InChI is InChI=1S/C25H28Cl2N4O2/c1-3-31-16-21(18(2)28-31)15-29-10-12-30(13-11-29)25(32)20-7-4-6-19(14-20)17-33-23-9-5-8-22(26)24(23)27/h4-9,14,16H,3,10-13,15,17H2,1-2H3. The van der Waals surface area contributed by atoms with Crippen molar-refractivity contribution in [3.63, 3.8) is 0 Å². The van der Waals surface area contributed by atoms with Crippen LogP contribution in [0.5, 0.6) is 5.75 Å². The molecule has 1 saturated heterocycles. The van der Waals surface area contributed by atoms with Gasteiger partial charge in [0.2, 0.25) is 0 Å². The average Bonchev–Trinajstić information content (AvgIpc) is 3.19. The van der Waals surface area contributed by atoms with Crippen LogP contribution in [0.4, 0.5) is 0 Å². The average molecular weight is 487 g/mol. The molecule has 1 aliphatic heterocycles. The molecule has 2 aromatic carbocycles. The SMILES string of the molecule is CCn1cc(CN2CCN(C(=O)c3cccc(COc4cccc(Cl)c4Cl)c3)CC2)c(C)n1. The molecule has 0 spiro atoms. The number of ether oxygens (including phenoxy) is 1. The minimum Gasteiger partial charge on any atom is -0.487 e. The van der Waals surface area contributed by atoms with E-state index in [2.05, 4.69) is 30.0 Å². The van der Waals surface area contributed by atoms with Gasteiger partial charge in [0, 0.05) is 56.6 Å². The second-order valence-electron chi connectivity index (χ2n) is 8.20. The number of halogens is 2. The largest absolute Gasteiger partial charge is 0.487 e. The number of amides is 1. The number of rotatable bonds is 7. The lowest BCUT2D eigenvalue weighted by Gasteiger charge is -2.34. The summed E-state index contributed by atoms with van der Waals surface area (Å²) in [6.07, 6.45) is 2.12. The first-order valence-corrected chi connectivity index (χ1v) is 11.9. The molecule has 0 saturated carbocycles. The molecule has 0 N–H and O–H groups in total. The van der Waals surface area contributed by atoms with Crippen LogP contribution in [-0.4, -0.2) is 51.7 Å². The minimum atomic E-state index is 0.0484. The van der Waals surface area contributed by atoms with Crippen LogP contribution >= 0.6 is 23.2 Å². The fraction of sp³-hybridized carbons (Fsp3) is 0.360. The smallest absolute Gasteiger partial charge is 0.253 e. The van der Waals surface area contributed by atoms with Crippen LogP contribution in [0.25, 0.3) is 0 Å². The first-order chi connectivity index (χ1) is 15.9. The zero-order chi connectivity index (χ0) is 23.4. The minimum absolute atomic E-state index is 0.0484. The number of carbonyl (C=O) groups excluding carboxylic acids is 1. The summed E-state index contributed by atoms with van der Waals surface area (Å²) in [5, 5.41) is 5.37. The Morgan fingerprint density at radius 1 is 1.09 bits per heavy atom. The van der Waals surface area contributed by atoms with E-state index in [4.69, 9.17) is 27.9 Å². The zero-order valence-corrected chi connectivity index (χ0v) is 20.4. The van der Waals surface area contributed by atoms with Crippen molar-refractivity contribution < 1.29 is 9.53 Å². The molecule has 2 heterocycles. The third-order valence-corrected chi connectivity index (χ3v) is 6.71. The molecule has 0 atom stereocenters. The van der Waals surface area contributed by atoms with Gasteiger partial charge in [0.1, 0.15) is 17.4 Å². The predicted molar refractivity (Wildman–Crippen MR) is 131 cm³/mol. The fourth-order valence-corrected chi connectivity index (χ4v) is 4.31. The van der Waals surface area contributed by atoms with Crippen molar-refractivity contribution in [2.75, 3.05) is 26.2 Å². The second-order valence-corrected chi connectivity index (χ2v) is 8.99. The van der Waals surface area contributed by atoms with Crippen molar-refractivity contribution >= 4 is 29.1 Å². The Kier molecular flexibility index (Phi) is 7.58. The summed E-state index contributed by atoms with van der Waals surface area (Å²) >= 11 is 12.2. The summed E-state index contributed by atoms with van der Waals surface area (Å²) in [7, 11) is 0. The molecule has 1 amide bonds. The molecular weight excluding hydrogens is 459 g/mol. The summed E-state index contributed by atoms with van der Waals surface area (Å²) in [5.41, 5.74) is 3.90. The molecule has 0 aliphatic carbocycles. The van der Waals surface area contributed by atoms with Gasteiger partial charge < -0.3 is 9.64 Å². The molecule has 1 fully saturated rings. The Morgan fingerprint density at radius 2 is 1.85 bits per heavy atom. The Labute approximate surface area is 204 Å². The van der Waals surface area contributed by atoms with E-state index in [-0.39, 0.29) is 5.91 Å². The molecule has 6 nitrogen and oxygen atoms in total. The maximum absolute atomic E-state index is 13.1. The van der Waals surface area contributed by atoms with Gasteiger partial charge in [0.15, 0.2) is 0 Å². The number of carbonyl (C=O) groups is 1. The number of nitrogens with zero attached hydrogens (tertiary/aromatic N) is 4. The van der Waals surface area contributed by atoms with Crippen molar-refractivity contribution in [3.8, 4) is 5.75 Å². The first-order valence-electron chi connectivity index (χ1n) is 11.1. The van der Waals surface area contributed by atoms with Crippen LogP contribution in [0.15, 0.2) is 48.7 Å². The van der Waals surface area contributed by atoms with Gasteiger partial charge in [-0.1, -0.05) is 41.4 Å². The monoisotopic (exact) mass is 486 g/mol. The lowest BCUT2D eigenvalue weighted by Crippen LogP contribution is -2.48. The Bertz CT molecular complexity index is 1120. The Hall–Kier alpha value is -2.54. The molecule has 8 heteroatoms. The highest BCUT2D eigenvalue weighted by atomic mass is 35.5. The topological polar surface area (TPSA) is 50.6 Å². The van der Waals surface area contributed by atoms with Crippen molar-refractivity contribution in [2.24, 2.45) is 0 Å². The highest BCUT2D eigenvalue weighted by molar-refractivity contribution is 6.42. The van der Waals surface area contributed by atoms with E-state index < -0.39 is 0 Å². The van der Waals surface area contributed by atoms with E-state index in [0.29, 0.717) is 41.1 Å². The van der Waals surface area contributed by atoms with E-state index in [9.17, 15) is 4.79 Å². The number of aromatic nitrogens is 2. The Morgan fingerprint density at radius 3 is 2.58 bits per heavy atom. The van der Waals surface area contributed by atoms with Crippen molar-refractivity contribution in [1.29, 1.82) is 0 Å². The van der Waals surface area contributed by atoms with Gasteiger partial charge in [-0.15, -0.1) is 0 Å². The Balaban J connectivity index is 1.33. The summed E-state index contributed by atoms with van der Waals surface area (Å²) in [6.45, 7) is 9.30. The summed E-state index contributed by atoms with van der Waals surface area (Å²) < 4.78 is 7.79. The van der Waals surface area contributed by atoms with Crippen LogP contribution in [0.3, 0.4) is 0 Å².